The number of methoxy groups -OCH3 is 1. The molecule has 0 aromatic heterocycles. The van der Waals surface area contributed by atoms with Gasteiger partial charge in [0.25, 0.3) is 5.91 Å². The van der Waals surface area contributed by atoms with Crippen molar-refractivity contribution >= 4 is 11.6 Å². The number of hydroxylamine groups is 1. The summed E-state index contributed by atoms with van der Waals surface area (Å²) < 4.78 is 5.20. The summed E-state index contributed by atoms with van der Waals surface area (Å²) in [5.74, 6) is 0.296. The van der Waals surface area contributed by atoms with Gasteiger partial charge in [-0.3, -0.25) is 10.0 Å². The third-order valence-electron chi connectivity index (χ3n) is 2.80. The summed E-state index contributed by atoms with van der Waals surface area (Å²) >= 11 is 0. The molecule has 2 rings (SSSR count). The molecule has 0 saturated heterocycles. The lowest BCUT2D eigenvalue weighted by Gasteiger charge is -2.17. The minimum atomic E-state index is -0.739. The molecule has 4 heteroatoms. The Morgan fingerprint density at radius 2 is 2.07 bits per heavy atom. The molecule has 4 nitrogen and oxygen atoms in total. The van der Waals surface area contributed by atoms with Crippen LogP contribution in [0.2, 0.25) is 0 Å². The van der Waals surface area contributed by atoms with E-state index in [9.17, 15) is 10.0 Å². The predicted octanol–water partition coefficient (Wildman–Crippen LogP) is 1.71. The topological polar surface area (TPSA) is 49.8 Å². The van der Waals surface area contributed by atoms with Gasteiger partial charge in [0.15, 0.2) is 0 Å². The Labute approximate surface area is 88.0 Å². The van der Waals surface area contributed by atoms with Gasteiger partial charge in [0.1, 0.15) is 5.75 Å². The number of carbonyl (C=O) groups excluding carboxylic acids is 1. The fraction of sp³-hybridized carbons (Fsp3) is 0.364. The minimum absolute atomic E-state index is 0.331. The van der Waals surface area contributed by atoms with E-state index >= 15 is 0 Å². The van der Waals surface area contributed by atoms with Crippen molar-refractivity contribution in [1.82, 2.24) is 0 Å². The summed E-state index contributed by atoms with van der Waals surface area (Å²) in [6, 6.07) is 5.23. The molecule has 80 valence electrons. The number of ether oxygens (including phenoxy) is 1. The van der Waals surface area contributed by atoms with E-state index in [0.29, 0.717) is 16.5 Å². The van der Waals surface area contributed by atoms with Crippen molar-refractivity contribution in [3.8, 4) is 5.75 Å². The highest BCUT2D eigenvalue weighted by Gasteiger charge is 2.45. The number of anilines is 1. The van der Waals surface area contributed by atoms with E-state index in [0.717, 1.165) is 5.56 Å². The second-order valence-electron chi connectivity index (χ2n) is 4.10. The molecule has 0 aliphatic carbocycles. The molecule has 0 atom stereocenters. The van der Waals surface area contributed by atoms with Crippen molar-refractivity contribution in [3.63, 3.8) is 0 Å². The monoisotopic (exact) mass is 207 g/mol. The normalized spacial score (nSPS) is 17.9. The number of hydrogen-bond donors (Lipinski definition) is 1. The second-order valence-corrected chi connectivity index (χ2v) is 4.10. The maximum atomic E-state index is 11.8. The maximum Gasteiger partial charge on any atom is 0.260 e. The molecule has 1 aromatic carbocycles. The highest BCUT2D eigenvalue weighted by molar-refractivity contribution is 6.06. The average molecular weight is 207 g/mol. The molecule has 1 heterocycles. The standard InChI is InChI=1S/C11H13NO3/c1-11(2)9-7(12(14)10(11)13)5-4-6-8(9)15-3/h4-6,14H,1-3H3. The number of amides is 1. The van der Waals surface area contributed by atoms with Crippen LogP contribution in [0.15, 0.2) is 18.2 Å². The number of fused-ring (bicyclic) bond motifs is 1. The number of rotatable bonds is 1. The van der Waals surface area contributed by atoms with Crippen LogP contribution in [-0.2, 0) is 10.2 Å². The molecule has 0 spiro atoms. The average Bonchev–Trinajstić information content (AvgIpc) is 2.41. The highest BCUT2D eigenvalue weighted by Crippen LogP contribution is 2.45. The van der Waals surface area contributed by atoms with Crippen LogP contribution in [0.3, 0.4) is 0 Å². The molecule has 0 saturated carbocycles. The highest BCUT2D eigenvalue weighted by atomic mass is 16.5. The zero-order chi connectivity index (χ0) is 11.2. The third-order valence-corrected chi connectivity index (χ3v) is 2.80. The number of hydrogen-bond acceptors (Lipinski definition) is 3. The van der Waals surface area contributed by atoms with Gasteiger partial charge in [0.05, 0.1) is 18.2 Å². The number of nitrogens with zero attached hydrogens (tertiary/aromatic N) is 1. The van der Waals surface area contributed by atoms with Gasteiger partial charge in [-0.2, -0.15) is 5.06 Å². The molecule has 1 aliphatic rings. The summed E-state index contributed by atoms with van der Waals surface area (Å²) in [6.45, 7) is 3.54. The first-order chi connectivity index (χ1) is 7.00. The van der Waals surface area contributed by atoms with Crippen LogP contribution >= 0.6 is 0 Å². The van der Waals surface area contributed by atoms with Gasteiger partial charge in [-0.1, -0.05) is 6.07 Å². The van der Waals surface area contributed by atoms with Gasteiger partial charge in [0, 0.05) is 5.56 Å². The van der Waals surface area contributed by atoms with Crippen LogP contribution in [0.25, 0.3) is 0 Å². The molecular weight excluding hydrogens is 194 g/mol. The molecule has 1 aromatic rings. The maximum absolute atomic E-state index is 11.8. The quantitative estimate of drug-likeness (QED) is 0.713. The number of benzene rings is 1. The van der Waals surface area contributed by atoms with Crippen molar-refractivity contribution in [2.75, 3.05) is 12.2 Å². The fourth-order valence-corrected chi connectivity index (χ4v) is 1.98. The molecule has 0 bridgehead atoms. The molecule has 0 fully saturated rings. The molecule has 15 heavy (non-hydrogen) atoms. The van der Waals surface area contributed by atoms with Crippen molar-refractivity contribution in [2.45, 2.75) is 19.3 Å². The molecule has 0 unspecified atom stereocenters. The smallest absolute Gasteiger partial charge is 0.260 e. The van der Waals surface area contributed by atoms with Crippen molar-refractivity contribution < 1.29 is 14.7 Å². The van der Waals surface area contributed by atoms with Crippen molar-refractivity contribution in [3.05, 3.63) is 23.8 Å². The Morgan fingerprint density at radius 3 is 2.67 bits per heavy atom. The Hall–Kier alpha value is -1.55. The van der Waals surface area contributed by atoms with Gasteiger partial charge in [-0.15, -0.1) is 0 Å². The van der Waals surface area contributed by atoms with Crippen LogP contribution in [0.5, 0.6) is 5.75 Å². The van der Waals surface area contributed by atoms with Gasteiger partial charge in [-0.05, 0) is 26.0 Å². The first kappa shape index (κ1) is 9.98. The first-order valence-corrected chi connectivity index (χ1v) is 4.71. The van der Waals surface area contributed by atoms with Crippen molar-refractivity contribution in [1.29, 1.82) is 0 Å². The van der Waals surface area contributed by atoms with Crippen molar-refractivity contribution in [2.24, 2.45) is 0 Å². The SMILES string of the molecule is COc1cccc2c1C(C)(C)C(=O)N2O. The van der Waals surface area contributed by atoms with E-state index in [-0.39, 0.29) is 5.91 Å². The Bertz CT molecular complexity index is 426. The van der Waals surface area contributed by atoms with Gasteiger partial charge in [0.2, 0.25) is 0 Å². The fourth-order valence-electron chi connectivity index (χ4n) is 1.98. The molecular formula is C11H13NO3. The first-order valence-electron chi connectivity index (χ1n) is 4.71. The minimum Gasteiger partial charge on any atom is -0.496 e. The van der Waals surface area contributed by atoms with Gasteiger partial charge in [-0.25, -0.2) is 0 Å². The zero-order valence-corrected chi connectivity index (χ0v) is 8.94. The molecule has 1 aliphatic heterocycles. The number of carbonyl (C=O) groups is 1. The summed E-state index contributed by atoms with van der Waals surface area (Å²) in [5, 5.41) is 10.3. The van der Waals surface area contributed by atoms with E-state index in [1.807, 2.05) is 0 Å². The van der Waals surface area contributed by atoms with Crippen LogP contribution in [-0.4, -0.2) is 18.2 Å². The summed E-state index contributed by atoms with van der Waals surface area (Å²) in [4.78, 5) is 11.8. The van der Waals surface area contributed by atoms with Crippen LogP contribution in [0.1, 0.15) is 19.4 Å². The Kier molecular flexibility index (Phi) is 1.98. The lowest BCUT2D eigenvalue weighted by atomic mass is 9.85. The molecule has 1 amide bonds. The summed E-state index contributed by atoms with van der Waals surface area (Å²) in [5.41, 5.74) is 0.501. The molecule has 1 N–H and O–H groups in total. The third kappa shape index (κ3) is 1.15. The van der Waals surface area contributed by atoms with E-state index < -0.39 is 5.41 Å². The van der Waals surface area contributed by atoms with Gasteiger partial charge >= 0.3 is 0 Å². The van der Waals surface area contributed by atoms with E-state index in [1.165, 1.54) is 0 Å². The Morgan fingerprint density at radius 1 is 1.40 bits per heavy atom. The largest absolute Gasteiger partial charge is 0.496 e. The second kappa shape index (κ2) is 2.97. The lowest BCUT2D eigenvalue weighted by Crippen LogP contribution is -2.33. The lowest BCUT2D eigenvalue weighted by molar-refractivity contribution is -0.126. The van der Waals surface area contributed by atoms with E-state index in [1.54, 1.807) is 39.2 Å². The zero-order valence-electron chi connectivity index (χ0n) is 8.94. The molecule has 0 radical (unpaired) electrons. The summed E-state index contributed by atoms with van der Waals surface area (Å²) in [7, 11) is 1.55. The van der Waals surface area contributed by atoms with E-state index in [4.69, 9.17) is 4.74 Å². The Balaban J connectivity index is 2.72. The van der Waals surface area contributed by atoms with Crippen LogP contribution < -0.4 is 9.80 Å². The predicted molar refractivity (Wildman–Crippen MR) is 55.3 cm³/mol. The van der Waals surface area contributed by atoms with Crippen LogP contribution in [0.4, 0.5) is 5.69 Å². The van der Waals surface area contributed by atoms with Gasteiger partial charge < -0.3 is 4.74 Å². The van der Waals surface area contributed by atoms with E-state index in [2.05, 4.69) is 0 Å². The summed E-state index contributed by atoms with van der Waals surface area (Å²) in [6.07, 6.45) is 0. The van der Waals surface area contributed by atoms with Crippen LogP contribution in [0, 0.1) is 0 Å².